The van der Waals surface area contributed by atoms with E-state index in [0.29, 0.717) is 0 Å². The summed E-state index contributed by atoms with van der Waals surface area (Å²) in [5.41, 5.74) is 1.03. The Morgan fingerprint density at radius 2 is 2.26 bits per heavy atom. The SMILES string of the molecule is COCCCn1cc(C)nc1NCCn1ccnc1. The largest absolute Gasteiger partial charge is 0.385 e. The van der Waals surface area contributed by atoms with Crippen molar-refractivity contribution in [1.29, 1.82) is 0 Å². The Hall–Kier alpha value is -1.82. The zero-order valence-corrected chi connectivity index (χ0v) is 11.5. The van der Waals surface area contributed by atoms with Gasteiger partial charge in [0.25, 0.3) is 0 Å². The number of anilines is 1. The van der Waals surface area contributed by atoms with Crippen LogP contribution in [0, 0.1) is 6.92 Å². The van der Waals surface area contributed by atoms with Crippen LogP contribution in [0.4, 0.5) is 5.95 Å². The topological polar surface area (TPSA) is 56.9 Å². The van der Waals surface area contributed by atoms with Crippen molar-refractivity contribution in [3.8, 4) is 0 Å². The first-order chi connectivity index (χ1) is 9.29. The molecule has 6 nitrogen and oxygen atoms in total. The molecule has 19 heavy (non-hydrogen) atoms. The standard InChI is InChI=1S/C13H21N5O/c1-12-10-18(6-3-9-19-2)13(16-12)15-5-8-17-7-4-14-11-17/h4,7,10-11H,3,5-6,8-9H2,1-2H3,(H,15,16). The van der Waals surface area contributed by atoms with E-state index >= 15 is 0 Å². The molecule has 104 valence electrons. The summed E-state index contributed by atoms with van der Waals surface area (Å²) in [4.78, 5) is 8.51. The van der Waals surface area contributed by atoms with Crippen molar-refractivity contribution in [2.45, 2.75) is 26.4 Å². The number of methoxy groups -OCH3 is 1. The first kappa shape index (κ1) is 13.6. The second kappa shape index (κ2) is 6.94. The smallest absolute Gasteiger partial charge is 0.203 e. The molecule has 0 atom stereocenters. The first-order valence-electron chi connectivity index (χ1n) is 6.52. The molecular weight excluding hydrogens is 242 g/mol. The molecule has 2 rings (SSSR count). The first-order valence-corrected chi connectivity index (χ1v) is 6.52. The average molecular weight is 263 g/mol. The molecule has 0 aromatic carbocycles. The van der Waals surface area contributed by atoms with Gasteiger partial charge in [-0.1, -0.05) is 0 Å². The lowest BCUT2D eigenvalue weighted by Crippen LogP contribution is -2.13. The maximum atomic E-state index is 5.08. The van der Waals surface area contributed by atoms with Crippen LogP contribution < -0.4 is 5.32 Å². The van der Waals surface area contributed by atoms with E-state index in [0.717, 1.165) is 44.3 Å². The van der Waals surface area contributed by atoms with Crippen LogP contribution in [0.25, 0.3) is 0 Å². The van der Waals surface area contributed by atoms with Crippen molar-refractivity contribution in [3.63, 3.8) is 0 Å². The number of ether oxygens (including phenoxy) is 1. The fraction of sp³-hybridized carbons (Fsp3) is 0.538. The number of aromatic nitrogens is 4. The molecule has 0 aliphatic carbocycles. The van der Waals surface area contributed by atoms with Crippen LogP contribution >= 0.6 is 0 Å². The van der Waals surface area contributed by atoms with Crippen molar-refractivity contribution in [1.82, 2.24) is 19.1 Å². The van der Waals surface area contributed by atoms with Gasteiger partial charge in [0.1, 0.15) is 0 Å². The molecule has 2 aromatic heterocycles. The third kappa shape index (κ3) is 4.10. The van der Waals surface area contributed by atoms with Gasteiger partial charge in [-0.15, -0.1) is 0 Å². The van der Waals surface area contributed by atoms with E-state index in [9.17, 15) is 0 Å². The van der Waals surface area contributed by atoms with E-state index < -0.39 is 0 Å². The highest BCUT2D eigenvalue weighted by Gasteiger charge is 2.04. The molecule has 0 bridgehead atoms. The fourth-order valence-corrected chi connectivity index (χ4v) is 1.95. The van der Waals surface area contributed by atoms with Crippen LogP contribution in [-0.4, -0.2) is 39.4 Å². The minimum atomic E-state index is 0.770. The normalized spacial score (nSPS) is 10.8. The Morgan fingerprint density at radius 3 is 3.00 bits per heavy atom. The van der Waals surface area contributed by atoms with Gasteiger partial charge in [-0.3, -0.25) is 0 Å². The quantitative estimate of drug-likeness (QED) is 0.734. The third-order valence-corrected chi connectivity index (χ3v) is 2.86. The molecule has 0 radical (unpaired) electrons. The monoisotopic (exact) mass is 263 g/mol. The van der Waals surface area contributed by atoms with Crippen molar-refractivity contribution in [2.75, 3.05) is 25.6 Å². The van der Waals surface area contributed by atoms with Gasteiger partial charge in [0.2, 0.25) is 5.95 Å². The summed E-state index contributed by atoms with van der Waals surface area (Å²) in [5.74, 6) is 0.925. The molecule has 0 aliphatic rings. The Morgan fingerprint density at radius 1 is 1.37 bits per heavy atom. The summed E-state index contributed by atoms with van der Waals surface area (Å²) in [6, 6.07) is 0. The minimum absolute atomic E-state index is 0.770. The summed E-state index contributed by atoms with van der Waals surface area (Å²) in [7, 11) is 1.73. The van der Waals surface area contributed by atoms with Gasteiger partial charge in [0.05, 0.1) is 12.0 Å². The molecular formula is C13H21N5O. The van der Waals surface area contributed by atoms with Crippen LogP contribution in [0.1, 0.15) is 12.1 Å². The summed E-state index contributed by atoms with van der Waals surface area (Å²) in [6.07, 6.45) is 8.61. The number of hydrogen-bond donors (Lipinski definition) is 1. The number of aryl methyl sites for hydroxylation is 2. The van der Waals surface area contributed by atoms with E-state index in [2.05, 4.69) is 26.0 Å². The van der Waals surface area contributed by atoms with E-state index in [1.807, 2.05) is 24.0 Å². The number of imidazole rings is 2. The van der Waals surface area contributed by atoms with Crippen molar-refractivity contribution in [2.24, 2.45) is 0 Å². The summed E-state index contributed by atoms with van der Waals surface area (Å²) >= 11 is 0. The lowest BCUT2D eigenvalue weighted by molar-refractivity contribution is 0.190. The lowest BCUT2D eigenvalue weighted by atomic mass is 10.4. The van der Waals surface area contributed by atoms with Gasteiger partial charge >= 0.3 is 0 Å². The minimum Gasteiger partial charge on any atom is -0.385 e. The molecule has 0 saturated carbocycles. The number of hydrogen-bond acceptors (Lipinski definition) is 4. The maximum Gasteiger partial charge on any atom is 0.203 e. The van der Waals surface area contributed by atoms with Gasteiger partial charge in [-0.2, -0.15) is 0 Å². The maximum absolute atomic E-state index is 5.08. The van der Waals surface area contributed by atoms with E-state index in [-0.39, 0.29) is 0 Å². The number of nitrogens with zero attached hydrogens (tertiary/aromatic N) is 4. The molecule has 2 heterocycles. The Labute approximate surface area is 113 Å². The highest BCUT2D eigenvalue weighted by atomic mass is 16.5. The molecule has 0 aliphatic heterocycles. The number of rotatable bonds is 8. The van der Waals surface area contributed by atoms with Crippen molar-refractivity contribution < 1.29 is 4.74 Å². The molecule has 2 aromatic rings. The van der Waals surface area contributed by atoms with Crippen LogP contribution in [0.3, 0.4) is 0 Å². The van der Waals surface area contributed by atoms with E-state index in [4.69, 9.17) is 4.74 Å². The Bertz CT molecular complexity index is 477. The molecule has 0 saturated heterocycles. The lowest BCUT2D eigenvalue weighted by Gasteiger charge is -2.09. The van der Waals surface area contributed by atoms with Gasteiger partial charge in [-0.05, 0) is 13.3 Å². The van der Waals surface area contributed by atoms with Gasteiger partial charge in [-0.25, -0.2) is 9.97 Å². The fourth-order valence-electron chi connectivity index (χ4n) is 1.95. The summed E-state index contributed by atoms with van der Waals surface area (Å²) in [6.45, 7) is 5.41. The molecule has 1 N–H and O–H groups in total. The highest BCUT2D eigenvalue weighted by Crippen LogP contribution is 2.09. The van der Waals surface area contributed by atoms with Gasteiger partial charge in [0, 0.05) is 51.9 Å². The summed E-state index contributed by atoms with van der Waals surface area (Å²) < 4.78 is 9.26. The zero-order chi connectivity index (χ0) is 13.5. The van der Waals surface area contributed by atoms with Crippen LogP contribution in [-0.2, 0) is 17.8 Å². The highest BCUT2D eigenvalue weighted by molar-refractivity contribution is 5.28. The predicted octanol–water partition coefficient (Wildman–Crippen LogP) is 1.54. The van der Waals surface area contributed by atoms with Crippen molar-refractivity contribution >= 4 is 5.95 Å². The molecule has 0 fully saturated rings. The third-order valence-electron chi connectivity index (χ3n) is 2.86. The predicted molar refractivity (Wildman–Crippen MR) is 74.2 cm³/mol. The number of nitrogens with one attached hydrogen (secondary N) is 1. The van der Waals surface area contributed by atoms with E-state index in [1.165, 1.54) is 0 Å². The molecule has 6 heteroatoms. The van der Waals surface area contributed by atoms with E-state index in [1.54, 1.807) is 13.3 Å². The summed E-state index contributed by atoms with van der Waals surface area (Å²) in [5, 5.41) is 3.36. The Kier molecular flexibility index (Phi) is 4.97. The molecule has 0 amide bonds. The Balaban J connectivity index is 1.84. The van der Waals surface area contributed by atoms with Crippen molar-refractivity contribution in [3.05, 3.63) is 30.6 Å². The van der Waals surface area contributed by atoms with Crippen LogP contribution in [0.5, 0.6) is 0 Å². The second-order valence-corrected chi connectivity index (χ2v) is 4.47. The average Bonchev–Trinajstić information content (AvgIpc) is 3.00. The second-order valence-electron chi connectivity index (χ2n) is 4.47. The molecule has 0 unspecified atom stereocenters. The van der Waals surface area contributed by atoms with Gasteiger partial charge < -0.3 is 19.2 Å². The van der Waals surface area contributed by atoms with Crippen LogP contribution in [0.15, 0.2) is 24.9 Å². The van der Waals surface area contributed by atoms with Crippen LogP contribution in [0.2, 0.25) is 0 Å². The van der Waals surface area contributed by atoms with Gasteiger partial charge in [0.15, 0.2) is 0 Å². The molecule has 0 spiro atoms. The zero-order valence-electron chi connectivity index (χ0n) is 11.5.